The molecule has 286 valence electrons. The van der Waals surface area contributed by atoms with E-state index in [1.165, 1.54) is 11.1 Å². The maximum atomic E-state index is 14.0. The van der Waals surface area contributed by atoms with Crippen LogP contribution in [0.25, 0.3) is 45.3 Å². The molecule has 0 spiro atoms. The maximum Gasteiger partial charge on any atom is 0.248 e. The molecule has 2 unspecified atom stereocenters. The first kappa shape index (κ1) is 42.4. The molecule has 4 aromatic carbocycles. The van der Waals surface area contributed by atoms with Crippen LogP contribution in [0.1, 0.15) is 71.6 Å². The van der Waals surface area contributed by atoms with E-state index in [1.54, 1.807) is 19.2 Å². The average molecular weight is 912 g/mol. The van der Waals surface area contributed by atoms with Crippen LogP contribution >= 0.6 is 0 Å². The molecule has 0 amide bonds. The monoisotopic (exact) mass is 911 g/mol. The van der Waals surface area contributed by atoms with Gasteiger partial charge >= 0.3 is 0 Å². The molecule has 6 nitrogen and oxygen atoms in total. The zero-order chi connectivity index (χ0) is 38.3. The Labute approximate surface area is 332 Å². The van der Waals surface area contributed by atoms with Crippen molar-refractivity contribution in [3.63, 3.8) is 0 Å². The fourth-order valence-corrected chi connectivity index (χ4v) is 5.57. The molecule has 0 saturated carbocycles. The molecule has 0 aliphatic carbocycles. The van der Waals surface area contributed by atoms with Crippen molar-refractivity contribution in [3.8, 4) is 45.3 Å². The first-order chi connectivity index (χ1) is 25.1. The molecule has 6 aromatic rings. The number of aliphatic hydroxyl groups is 2. The van der Waals surface area contributed by atoms with Gasteiger partial charge in [-0.05, 0) is 94.8 Å². The van der Waals surface area contributed by atoms with Gasteiger partial charge in [0.15, 0.2) is 0 Å². The predicted molar refractivity (Wildman–Crippen MR) is 207 cm³/mol. The van der Waals surface area contributed by atoms with E-state index < -0.39 is 23.8 Å². The Balaban J connectivity index is 0.000000521. The third kappa shape index (κ3) is 11.6. The molecular weight excluding hydrogens is 864 g/mol. The number of halogens is 2. The second-order valence-corrected chi connectivity index (χ2v) is 15.6. The van der Waals surface area contributed by atoms with Crippen LogP contribution in [0, 0.1) is 23.1 Å². The average Bonchev–Trinajstić information content (AvgIpc) is 3.61. The van der Waals surface area contributed by atoms with Gasteiger partial charge in [0.1, 0.15) is 0 Å². The van der Waals surface area contributed by atoms with Gasteiger partial charge in [0.05, 0.1) is 12.2 Å². The zero-order valence-electron chi connectivity index (χ0n) is 31.8. The predicted octanol–water partition coefficient (Wildman–Crippen LogP) is 10.5. The normalized spacial score (nSPS) is 12.6. The number of hydrogen-bond acceptors (Lipinski definition) is 6. The molecule has 0 fully saturated rings. The molecule has 54 heavy (non-hydrogen) atoms. The van der Waals surface area contributed by atoms with Crippen molar-refractivity contribution in [2.75, 3.05) is 0 Å². The van der Waals surface area contributed by atoms with E-state index in [9.17, 15) is 13.9 Å². The molecule has 0 radical (unpaired) electrons. The van der Waals surface area contributed by atoms with Gasteiger partial charge in [-0.3, -0.25) is 8.78 Å². The van der Waals surface area contributed by atoms with Crippen LogP contribution in [-0.2, 0) is 39.3 Å². The van der Waals surface area contributed by atoms with Gasteiger partial charge in [-0.15, -0.1) is 22.3 Å². The number of rotatable bonds is 9. The van der Waals surface area contributed by atoms with Gasteiger partial charge in [-0.2, -0.15) is 0 Å². The summed E-state index contributed by atoms with van der Waals surface area (Å²) in [6, 6.07) is 33.1. The fraction of sp³-hybridized carbons (Fsp3) is 0.311. The zero-order valence-corrected chi connectivity index (χ0v) is 34.1. The number of pyridine rings is 1. The molecule has 2 atom stereocenters. The summed E-state index contributed by atoms with van der Waals surface area (Å²) in [5, 5.41) is 26.8. The first-order valence-electron chi connectivity index (χ1n) is 17.9. The summed E-state index contributed by atoms with van der Waals surface area (Å²) < 4.78 is 33.2. The quantitative estimate of drug-likeness (QED) is 0.140. The van der Waals surface area contributed by atoms with Gasteiger partial charge < -0.3 is 19.6 Å². The van der Waals surface area contributed by atoms with E-state index in [2.05, 4.69) is 90.5 Å². The van der Waals surface area contributed by atoms with E-state index in [0.29, 0.717) is 23.9 Å². The second-order valence-electron chi connectivity index (χ2n) is 15.6. The van der Waals surface area contributed by atoms with E-state index >= 15 is 0 Å². The standard InChI is InChI=1S/C37H30F2N3O.C8H18O2.Pt/c1-37(2,3)30-17-15-29(16-18-30)36-42-41-35(43-36)28-13-11-27(12-14-28)26-9-6-24(7-10-26)4-5-25-8-21-34(40-23-25)32-20-19-31(38)22-33(32)39;1-6(9)5-7(10)8(2,3)4;/h6-19,21-23H,4-5H2,1-3H3;6-7,9-10H,5H2,1-4H3;/q-1;;. The van der Waals surface area contributed by atoms with Gasteiger partial charge in [0, 0.05) is 50.0 Å². The van der Waals surface area contributed by atoms with Crippen molar-refractivity contribution in [2.24, 2.45) is 5.41 Å². The minimum Gasteiger partial charge on any atom is -0.416 e. The SMILES string of the molecule is CC(C)(C)c1ccc(-c2nnc(-c3ccc(-c4ccc(CCc5ccc(-c6[c-]cc(F)cc6F)nc5)cc4)cc3)o2)cc1.CC(O)CC(O)C(C)(C)C.[Pt]. The summed E-state index contributed by atoms with van der Waals surface area (Å²) in [7, 11) is 0. The minimum atomic E-state index is -0.670. The van der Waals surface area contributed by atoms with Crippen LogP contribution in [0.15, 0.2) is 108 Å². The van der Waals surface area contributed by atoms with Crippen molar-refractivity contribution in [2.45, 2.75) is 85.4 Å². The van der Waals surface area contributed by atoms with Crippen LogP contribution in [0.2, 0.25) is 0 Å². The molecule has 6 rings (SSSR count). The number of benzene rings is 4. The Morgan fingerprint density at radius 3 is 1.67 bits per heavy atom. The number of hydrogen-bond donors (Lipinski definition) is 2. The number of aromatic nitrogens is 3. The summed E-state index contributed by atoms with van der Waals surface area (Å²) in [4.78, 5) is 4.35. The second kappa shape index (κ2) is 18.3. The van der Waals surface area contributed by atoms with Crippen LogP contribution in [0.5, 0.6) is 0 Å². The van der Waals surface area contributed by atoms with Gasteiger partial charge in [0.2, 0.25) is 11.8 Å². The smallest absolute Gasteiger partial charge is 0.248 e. The molecule has 2 heterocycles. The fourth-order valence-electron chi connectivity index (χ4n) is 5.57. The molecule has 0 aliphatic rings. The Morgan fingerprint density at radius 2 is 1.20 bits per heavy atom. The Bertz CT molecular complexity index is 2070. The largest absolute Gasteiger partial charge is 0.416 e. The third-order valence-electron chi connectivity index (χ3n) is 9.05. The summed E-state index contributed by atoms with van der Waals surface area (Å²) in [6.07, 6.45) is 3.02. The Morgan fingerprint density at radius 1 is 0.704 bits per heavy atom. The number of aliphatic hydroxyl groups excluding tert-OH is 2. The molecule has 2 N–H and O–H groups in total. The van der Waals surface area contributed by atoms with Gasteiger partial charge in [-0.25, -0.2) is 0 Å². The molecular formula is C45H48F2N3O3Pt-. The molecule has 9 heteroatoms. The van der Waals surface area contributed by atoms with Crippen molar-refractivity contribution >= 4 is 0 Å². The molecule has 0 saturated heterocycles. The van der Waals surface area contributed by atoms with Crippen LogP contribution in [0.3, 0.4) is 0 Å². The topological polar surface area (TPSA) is 92.3 Å². The van der Waals surface area contributed by atoms with Crippen molar-refractivity contribution < 1.29 is 44.5 Å². The van der Waals surface area contributed by atoms with Crippen LogP contribution < -0.4 is 0 Å². The first-order valence-corrected chi connectivity index (χ1v) is 17.9. The molecule has 2 aromatic heterocycles. The minimum absolute atomic E-state index is 0. The van der Waals surface area contributed by atoms with E-state index in [4.69, 9.17) is 9.52 Å². The van der Waals surface area contributed by atoms with Crippen LogP contribution in [-0.4, -0.2) is 37.6 Å². The Hall–Kier alpha value is -4.36. The maximum absolute atomic E-state index is 14.0. The van der Waals surface area contributed by atoms with E-state index in [1.807, 2.05) is 51.1 Å². The van der Waals surface area contributed by atoms with E-state index in [0.717, 1.165) is 52.8 Å². The van der Waals surface area contributed by atoms with Gasteiger partial charge in [0.25, 0.3) is 0 Å². The van der Waals surface area contributed by atoms with Gasteiger partial charge in [-0.1, -0.05) is 114 Å². The van der Waals surface area contributed by atoms with Crippen molar-refractivity contribution in [1.82, 2.24) is 15.2 Å². The summed E-state index contributed by atoms with van der Waals surface area (Å²) in [6.45, 7) is 14.1. The number of aryl methyl sites for hydroxylation is 2. The van der Waals surface area contributed by atoms with E-state index in [-0.39, 0.29) is 37.5 Å². The molecule has 0 aliphatic heterocycles. The number of nitrogens with zero attached hydrogens (tertiary/aromatic N) is 3. The van der Waals surface area contributed by atoms with Crippen molar-refractivity contribution in [1.29, 1.82) is 0 Å². The Kier molecular flexibility index (Phi) is 14.4. The summed E-state index contributed by atoms with van der Waals surface area (Å²) in [5.74, 6) is -0.337. The van der Waals surface area contributed by atoms with Crippen molar-refractivity contribution in [3.05, 3.63) is 138 Å². The third-order valence-corrected chi connectivity index (χ3v) is 9.05. The summed E-state index contributed by atoms with van der Waals surface area (Å²) >= 11 is 0. The van der Waals surface area contributed by atoms with Crippen LogP contribution in [0.4, 0.5) is 8.78 Å². The molecule has 0 bridgehead atoms. The summed E-state index contributed by atoms with van der Waals surface area (Å²) in [5.41, 5.74) is 8.04.